The van der Waals surface area contributed by atoms with E-state index in [9.17, 15) is 4.79 Å². The number of nitrogens with one attached hydrogen (secondary N) is 1. The molecule has 1 amide bonds. The molecule has 144 valence electrons. The van der Waals surface area contributed by atoms with Gasteiger partial charge in [0.25, 0.3) is 0 Å². The fourth-order valence-electron chi connectivity index (χ4n) is 3.23. The molecule has 0 aliphatic carbocycles. The van der Waals surface area contributed by atoms with Crippen LogP contribution in [0.5, 0.6) is 11.5 Å². The molecule has 0 saturated carbocycles. The van der Waals surface area contributed by atoms with Crippen LogP contribution in [0.4, 0.5) is 5.95 Å². The number of fused-ring (bicyclic) bond motifs is 1. The summed E-state index contributed by atoms with van der Waals surface area (Å²) in [4.78, 5) is 16.3. The molecule has 3 rings (SSSR count). The zero-order chi connectivity index (χ0) is 19.4. The number of aromatic nitrogens is 3. The normalized spacial score (nSPS) is 15.9. The minimum atomic E-state index is -0.509. The van der Waals surface area contributed by atoms with Crippen LogP contribution in [0, 0.1) is 0 Å². The van der Waals surface area contributed by atoms with Gasteiger partial charge in [-0.25, -0.2) is 4.68 Å². The highest BCUT2D eigenvalue weighted by molar-refractivity contribution is 5.95. The number of unbranched alkanes of at least 4 members (excludes halogenated alkanes) is 2. The standard InChI is InChI=1S/C19H25N5O3/c1-4-5-6-9-27-14-8-7-13(10-15(14)26-3)17-16(18(20)25)12(2)23-19-21-11-22-24(17)19/h7-8,10-11,17H,4-6,9H2,1-3H3,(H2,20,25)(H,21,22,23)/t17-/m1/s1. The van der Waals surface area contributed by atoms with Gasteiger partial charge in [-0.15, -0.1) is 0 Å². The second-order valence-electron chi connectivity index (χ2n) is 6.42. The summed E-state index contributed by atoms with van der Waals surface area (Å²) in [5.41, 5.74) is 7.56. The van der Waals surface area contributed by atoms with Gasteiger partial charge in [0.2, 0.25) is 11.9 Å². The smallest absolute Gasteiger partial charge is 0.248 e. The number of rotatable bonds is 8. The van der Waals surface area contributed by atoms with Crippen LogP contribution in [-0.4, -0.2) is 34.4 Å². The van der Waals surface area contributed by atoms with Crippen molar-refractivity contribution in [1.29, 1.82) is 0 Å². The van der Waals surface area contributed by atoms with Gasteiger partial charge in [0.05, 0.1) is 19.3 Å². The van der Waals surface area contributed by atoms with Crippen LogP contribution in [0.1, 0.15) is 44.7 Å². The van der Waals surface area contributed by atoms with Gasteiger partial charge >= 0.3 is 0 Å². The van der Waals surface area contributed by atoms with Gasteiger partial charge in [-0.2, -0.15) is 10.1 Å². The summed E-state index contributed by atoms with van der Waals surface area (Å²) in [7, 11) is 1.59. The van der Waals surface area contributed by atoms with Crippen molar-refractivity contribution in [3.63, 3.8) is 0 Å². The number of amides is 1. The van der Waals surface area contributed by atoms with E-state index in [4.69, 9.17) is 15.2 Å². The molecular weight excluding hydrogens is 346 g/mol. The molecule has 8 heteroatoms. The number of ether oxygens (including phenoxy) is 2. The number of carbonyl (C=O) groups excluding carboxylic acids is 1. The first-order valence-electron chi connectivity index (χ1n) is 9.04. The van der Waals surface area contributed by atoms with Gasteiger partial charge in [-0.1, -0.05) is 25.8 Å². The third kappa shape index (κ3) is 3.74. The molecule has 0 spiro atoms. The molecule has 0 saturated heterocycles. The Morgan fingerprint density at radius 1 is 1.33 bits per heavy atom. The van der Waals surface area contributed by atoms with Crippen LogP contribution in [0.2, 0.25) is 0 Å². The van der Waals surface area contributed by atoms with E-state index in [1.165, 1.54) is 6.33 Å². The van der Waals surface area contributed by atoms with E-state index in [-0.39, 0.29) is 0 Å². The number of hydrogen-bond donors (Lipinski definition) is 2. The zero-order valence-electron chi connectivity index (χ0n) is 15.9. The Kier molecular flexibility index (Phi) is 5.63. The van der Waals surface area contributed by atoms with Crippen LogP contribution in [0.3, 0.4) is 0 Å². The highest BCUT2D eigenvalue weighted by atomic mass is 16.5. The molecule has 2 aromatic rings. The maximum absolute atomic E-state index is 12.1. The Morgan fingerprint density at radius 2 is 2.15 bits per heavy atom. The topological polar surface area (TPSA) is 104 Å². The van der Waals surface area contributed by atoms with Gasteiger partial charge < -0.3 is 20.5 Å². The van der Waals surface area contributed by atoms with Crippen molar-refractivity contribution < 1.29 is 14.3 Å². The zero-order valence-corrected chi connectivity index (χ0v) is 15.9. The summed E-state index contributed by atoms with van der Waals surface area (Å²) < 4.78 is 13.0. The molecule has 2 heterocycles. The second-order valence-corrected chi connectivity index (χ2v) is 6.42. The van der Waals surface area contributed by atoms with Crippen LogP contribution in [-0.2, 0) is 4.79 Å². The van der Waals surface area contributed by atoms with Crippen LogP contribution in [0.15, 0.2) is 35.8 Å². The highest BCUT2D eigenvalue weighted by Gasteiger charge is 2.32. The van der Waals surface area contributed by atoms with Gasteiger partial charge in [0, 0.05) is 5.70 Å². The largest absolute Gasteiger partial charge is 0.493 e. The Morgan fingerprint density at radius 3 is 2.85 bits per heavy atom. The predicted octanol–water partition coefficient (Wildman–Crippen LogP) is 2.63. The average molecular weight is 371 g/mol. The Balaban J connectivity index is 1.96. The summed E-state index contributed by atoms with van der Waals surface area (Å²) in [5.74, 6) is 1.32. The number of nitrogens with two attached hydrogens (primary N) is 1. The number of carbonyl (C=O) groups is 1. The Hall–Kier alpha value is -3.03. The number of anilines is 1. The van der Waals surface area contributed by atoms with Gasteiger partial charge in [0.15, 0.2) is 11.5 Å². The van der Waals surface area contributed by atoms with E-state index in [0.717, 1.165) is 24.8 Å². The van der Waals surface area contributed by atoms with Crippen molar-refractivity contribution in [2.45, 2.75) is 39.2 Å². The monoisotopic (exact) mass is 371 g/mol. The van der Waals surface area contributed by atoms with Gasteiger partial charge in [-0.05, 0) is 31.0 Å². The lowest BCUT2D eigenvalue weighted by Gasteiger charge is -2.28. The molecule has 8 nitrogen and oxygen atoms in total. The third-order valence-electron chi connectivity index (χ3n) is 4.57. The predicted molar refractivity (Wildman–Crippen MR) is 102 cm³/mol. The first-order chi connectivity index (χ1) is 13.1. The summed E-state index contributed by atoms with van der Waals surface area (Å²) in [6.45, 7) is 4.59. The van der Waals surface area contributed by atoms with Gasteiger partial charge in [-0.3, -0.25) is 4.79 Å². The SMILES string of the molecule is CCCCCOc1ccc([C@@H]2C(C(N)=O)=C(C)Nc3ncnn32)cc1OC. The number of methoxy groups -OCH3 is 1. The number of benzene rings is 1. The average Bonchev–Trinajstić information content (AvgIpc) is 3.11. The molecule has 3 N–H and O–H groups in total. The van der Waals surface area contributed by atoms with Crippen molar-refractivity contribution in [3.8, 4) is 11.5 Å². The van der Waals surface area contributed by atoms with Crippen LogP contribution < -0.4 is 20.5 Å². The summed E-state index contributed by atoms with van der Waals surface area (Å²) in [6.07, 6.45) is 4.69. The molecule has 1 aromatic carbocycles. The second kappa shape index (κ2) is 8.11. The van der Waals surface area contributed by atoms with E-state index in [1.54, 1.807) is 18.7 Å². The minimum Gasteiger partial charge on any atom is -0.493 e. The number of allylic oxidation sites excluding steroid dienone is 1. The van der Waals surface area contributed by atoms with Crippen molar-refractivity contribution in [2.24, 2.45) is 5.73 Å². The summed E-state index contributed by atoms with van der Waals surface area (Å²) >= 11 is 0. The number of hydrogen-bond acceptors (Lipinski definition) is 6. The fourth-order valence-corrected chi connectivity index (χ4v) is 3.23. The van der Waals surface area contributed by atoms with E-state index >= 15 is 0 Å². The Labute approximate surface area is 158 Å². The molecule has 0 radical (unpaired) electrons. The molecule has 1 aromatic heterocycles. The molecule has 1 aliphatic rings. The first kappa shape index (κ1) is 18.8. The molecular formula is C19H25N5O3. The lowest BCUT2D eigenvalue weighted by Crippen LogP contribution is -2.31. The molecule has 1 aliphatic heterocycles. The molecule has 0 fully saturated rings. The van der Waals surface area contributed by atoms with Crippen molar-refractivity contribution in [2.75, 3.05) is 19.0 Å². The summed E-state index contributed by atoms with van der Waals surface area (Å²) in [5, 5.41) is 7.32. The van der Waals surface area contributed by atoms with Crippen molar-refractivity contribution in [3.05, 3.63) is 41.4 Å². The molecule has 1 atom stereocenters. The Bertz CT molecular complexity index is 859. The third-order valence-corrected chi connectivity index (χ3v) is 4.57. The quantitative estimate of drug-likeness (QED) is 0.691. The van der Waals surface area contributed by atoms with E-state index in [1.807, 2.05) is 18.2 Å². The number of nitrogens with zero attached hydrogens (tertiary/aromatic N) is 3. The van der Waals surface area contributed by atoms with Crippen LogP contribution >= 0.6 is 0 Å². The lowest BCUT2D eigenvalue weighted by atomic mass is 9.95. The first-order valence-corrected chi connectivity index (χ1v) is 9.04. The van der Waals surface area contributed by atoms with E-state index in [0.29, 0.717) is 35.3 Å². The van der Waals surface area contributed by atoms with Crippen molar-refractivity contribution in [1.82, 2.24) is 14.8 Å². The molecule has 27 heavy (non-hydrogen) atoms. The number of primary amides is 1. The van der Waals surface area contributed by atoms with E-state index < -0.39 is 11.9 Å². The summed E-state index contributed by atoms with van der Waals surface area (Å²) in [6, 6.07) is 5.12. The van der Waals surface area contributed by atoms with Crippen molar-refractivity contribution >= 4 is 11.9 Å². The lowest BCUT2D eigenvalue weighted by molar-refractivity contribution is -0.115. The maximum Gasteiger partial charge on any atom is 0.248 e. The highest BCUT2D eigenvalue weighted by Crippen LogP contribution is 2.38. The van der Waals surface area contributed by atoms with E-state index in [2.05, 4.69) is 22.3 Å². The fraction of sp³-hybridized carbons (Fsp3) is 0.421. The maximum atomic E-state index is 12.1. The molecule has 0 unspecified atom stereocenters. The van der Waals surface area contributed by atoms with Crippen LogP contribution in [0.25, 0.3) is 0 Å². The minimum absolute atomic E-state index is 0.437. The molecule has 0 bridgehead atoms. The van der Waals surface area contributed by atoms with Gasteiger partial charge in [0.1, 0.15) is 12.4 Å².